The Morgan fingerprint density at radius 1 is 1.05 bits per heavy atom. The Morgan fingerprint density at radius 2 is 1.68 bits per heavy atom. The fraction of sp³-hybridized carbons (Fsp3) is 0.176. The Hall–Kier alpha value is -2.22. The van der Waals surface area contributed by atoms with Gasteiger partial charge in [0, 0.05) is 12.2 Å². The van der Waals surface area contributed by atoms with Crippen LogP contribution in [-0.2, 0) is 6.54 Å². The Bertz CT molecular complexity index is 528. The molecule has 0 spiro atoms. The average molecular weight is 253 g/mol. The first-order valence-corrected chi connectivity index (χ1v) is 6.31. The second kappa shape index (κ2) is 6.10. The molecule has 0 N–H and O–H groups in total. The zero-order valence-electron chi connectivity index (χ0n) is 11.5. The third-order valence-corrected chi connectivity index (χ3v) is 3.10. The SMILES string of the molecule is C=CN(Cc1ccc(OC)cc1)c1ccc(C)cc1. The average Bonchev–Trinajstić information content (AvgIpc) is 2.46. The van der Waals surface area contributed by atoms with Gasteiger partial charge in [0.15, 0.2) is 0 Å². The van der Waals surface area contributed by atoms with Crippen LogP contribution in [-0.4, -0.2) is 7.11 Å². The highest BCUT2D eigenvalue weighted by Gasteiger charge is 2.03. The first-order valence-electron chi connectivity index (χ1n) is 6.31. The number of nitrogens with zero attached hydrogens (tertiary/aromatic N) is 1. The van der Waals surface area contributed by atoms with Gasteiger partial charge in [-0.05, 0) is 43.0 Å². The minimum atomic E-state index is 0.802. The Morgan fingerprint density at radius 3 is 2.21 bits per heavy atom. The summed E-state index contributed by atoms with van der Waals surface area (Å²) in [6, 6.07) is 16.5. The summed E-state index contributed by atoms with van der Waals surface area (Å²) in [7, 11) is 1.68. The van der Waals surface area contributed by atoms with Gasteiger partial charge in [0.2, 0.25) is 0 Å². The summed E-state index contributed by atoms with van der Waals surface area (Å²) in [6.07, 6.45) is 1.86. The fourth-order valence-electron chi connectivity index (χ4n) is 1.93. The van der Waals surface area contributed by atoms with Crippen molar-refractivity contribution in [1.82, 2.24) is 0 Å². The molecule has 2 rings (SSSR count). The van der Waals surface area contributed by atoms with Crippen molar-refractivity contribution >= 4 is 5.69 Å². The molecule has 0 aliphatic rings. The predicted octanol–water partition coefficient (Wildman–Crippen LogP) is 4.15. The van der Waals surface area contributed by atoms with Gasteiger partial charge >= 0.3 is 0 Å². The van der Waals surface area contributed by atoms with Crippen LogP contribution in [0.4, 0.5) is 5.69 Å². The third kappa shape index (κ3) is 3.38. The lowest BCUT2D eigenvalue weighted by Gasteiger charge is -2.20. The predicted molar refractivity (Wildman–Crippen MR) is 80.6 cm³/mol. The van der Waals surface area contributed by atoms with Crippen LogP contribution in [0.2, 0.25) is 0 Å². The Kier molecular flexibility index (Phi) is 4.24. The standard InChI is InChI=1S/C17H19NO/c1-4-18(16-9-5-14(2)6-10-16)13-15-7-11-17(19-3)12-8-15/h4-12H,1,13H2,2-3H3. The lowest BCUT2D eigenvalue weighted by Crippen LogP contribution is -2.14. The van der Waals surface area contributed by atoms with E-state index in [1.165, 1.54) is 11.1 Å². The zero-order valence-corrected chi connectivity index (χ0v) is 11.5. The summed E-state index contributed by atoms with van der Waals surface area (Å²) in [5.41, 5.74) is 3.63. The van der Waals surface area contributed by atoms with Crippen molar-refractivity contribution < 1.29 is 4.74 Å². The minimum Gasteiger partial charge on any atom is -0.497 e. The van der Waals surface area contributed by atoms with E-state index in [-0.39, 0.29) is 0 Å². The molecule has 0 amide bonds. The molecular formula is C17H19NO. The van der Waals surface area contributed by atoms with Crippen molar-refractivity contribution in [1.29, 1.82) is 0 Å². The fourth-order valence-corrected chi connectivity index (χ4v) is 1.93. The van der Waals surface area contributed by atoms with Crippen LogP contribution < -0.4 is 9.64 Å². The van der Waals surface area contributed by atoms with Gasteiger partial charge in [0.05, 0.1) is 7.11 Å². The van der Waals surface area contributed by atoms with Gasteiger partial charge < -0.3 is 9.64 Å². The third-order valence-electron chi connectivity index (χ3n) is 3.10. The highest BCUT2D eigenvalue weighted by Crippen LogP contribution is 2.19. The highest BCUT2D eigenvalue weighted by molar-refractivity contribution is 5.50. The van der Waals surface area contributed by atoms with Gasteiger partial charge in [-0.2, -0.15) is 0 Å². The number of rotatable bonds is 5. The molecule has 0 atom stereocenters. The molecule has 2 nitrogen and oxygen atoms in total. The first-order chi connectivity index (χ1) is 9.22. The van der Waals surface area contributed by atoms with Gasteiger partial charge in [-0.3, -0.25) is 0 Å². The summed E-state index contributed by atoms with van der Waals surface area (Å²) in [5.74, 6) is 0.879. The number of hydrogen-bond acceptors (Lipinski definition) is 2. The molecule has 0 aliphatic heterocycles. The molecule has 2 heteroatoms. The van der Waals surface area contributed by atoms with Gasteiger partial charge in [-0.15, -0.1) is 0 Å². The largest absolute Gasteiger partial charge is 0.497 e. The van der Waals surface area contributed by atoms with E-state index in [0.29, 0.717) is 0 Å². The summed E-state index contributed by atoms with van der Waals surface area (Å²) < 4.78 is 5.16. The van der Waals surface area contributed by atoms with E-state index in [9.17, 15) is 0 Å². The second-order valence-electron chi connectivity index (χ2n) is 4.49. The summed E-state index contributed by atoms with van der Waals surface area (Å²) >= 11 is 0. The molecule has 0 aromatic heterocycles. The monoisotopic (exact) mass is 253 g/mol. The van der Waals surface area contributed by atoms with Gasteiger partial charge in [0.1, 0.15) is 5.75 Å². The van der Waals surface area contributed by atoms with E-state index in [0.717, 1.165) is 18.0 Å². The number of benzene rings is 2. The van der Waals surface area contributed by atoms with Crippen molar-refractivity contribution in [3.8, 4) is 5.75 Å². The summed E-state index contributed by atoms with van der Waals surface area (Å²) in [5, 5.41) is 0. The number of methoxy groups -OCH3 is 1. The molecule has 2 aromatic carbocycles. The van der Waals surface area contributed by atoms with Crippen LogP contribution in [0.1, 0.15) is 11.1 Å². The van der Waals surface area contributed by atoms with Crippen LogP contribution in [0.25, 0.3) is 0 Å². The summed E-state index contributed by atoms with van der Waals surface area (Å²) in [4.78, 5) is 2.13. The number of aryl methyl sites for hydroxylation is 1. The van der Waals surface area contributed by atoms with Gasteiger partial charge in [0.25, 0.3) is 0 Å². The quantitative estimate of drug-likeness (QED) is 0.793. The van der Waals surface area contributed by atoms with E-state index >= 15 is 0 Å². The van der Waals surface area contributed by atoms with Crippen molar-refractivity contribution in [2.24, 2.45) is 0 Å². The van der Waals surface area contributed by atoms with Crippen LogP contribution in [0.15, 0.2) is 61.3 Å². The first kappa shape index (κ1) is 13.2. The number of hydrogen-bond donors (Lipinski definition) is 0. The normalized spacial score (nSPS) is 10.0. The molecule has 0 unspecified atom stereocenters. The maximum atomic E-state index is 5.16. The molecule has 0 heterocycles. The van der Waals surface area contributed by atoms with Crippen LogP contribution >= 0.6 is 0 Å². The topological polar surface area (TPSA) is 12.5 Å². The van der Waals surface area contributed by atoms with Crippen LogP contribution in [0.5, 0.6) is 5.75 Å². The lowest BCUT2D eigenvalue weighted by molar-refractivity contribution is 0.414. The van der Waals surface area contributed by atoms with E-state index in [2.05, 4.69) is 54.8 Å². The minimum absolute atomic E-state index is 0.802. The zero-order chi connectivity index (χ0) is 13.7. The van der Waals surface area contributed by atoms with Gasteiger partial charge in [-0.1, -0.05) is 36.4 Å². The van der Waals surface area contributed by atoms with E-state index in [1.54, 1.807) is 7.11 Å². The van der Waals surface area contributed by atoms with E-state index in [4.69, 9.17) is 4.74 Å². The number of ether oxygens (including phenoxy) is 1. The lowest BCUT2D eigenvalue weighted by atomic mass is 10.1. The van der Waals surface area contributed by atoms with Crippen molar-refractivity contribution in [3.05, 3.63) is 72.4 Å². The maximum Gasteiger partial charge on any atom is 0.118 e. The molecule has 0 fully saturated rings. The van der Waals surface area contributed by atoms with E-state index in [1.807, 2.05) is 18.3 Å². The number of anilines is 1. The molecule has 0 saturated carbocycles. The maximum absolute atomic E-state index is 5.16. The summed E-state index contributed by atoms with van der Waals surface area (Å²) in [6.45, 7) is 6.78. The highest BCUT2D eigenvalue weighted by atomic mass is 16.5. The van der Waals surface area contributed by atoms with Crippen LogP contribution in [0, 0.1) is 6.92 Å². The van der Waals surface area contributed by atoms with Gasteiger partial charge in [-0.25, -0.2) is 0 Å². The van der Waals surface area contributed by atoms with Crippen molar-refractivity contribution in [3.63, 3.8) is 0 Å². The second-order valence-corrected chi connectivity index (χ2v) is 4.49. The Balaban J connectivity index is 2.14. The van der Waals surface area contributed by atoms with Crippen molar-refractivity contribution in [2.75, 3.05) is 12.0 Å². The van der Waals surface area contributed by atoms with Crippen LogP contribution in [0.3, 0.4) is 0 Å². The molecular weight excluding hydrogens is 234 g/mol. The molecule has 98 valence electrons. The molecule has 2 aromatic rings. The smallest absolute Gasteiger partial charge is 0.118 e. The van der Waals surface area contributed by atoms with Crippen molar-refractivity contribution in [2.45, 2.75) is 13.5 Å². The molecule has 0 aliphatic carbocycles. The Labute approximate surface area is 114 Å². The molecule has 0 bridgehead atoms. The molecule has 19 heavy (non-hydrogen) atoms. The molecule has 0 radical (unpaired) electrons. The van der Waals surface area contributed by atoms with E-state index < -0.39 is 0 Å². The molecule has 0 saturated heterocycles.